The van der Waals surface area contributed by atoms with Gasteiger partial charge in [-0.2, -0.15) is 10.2 Å². The summed E-state index contributed by atoms with van der Waals surface area (Å²) in [5, 5.41) is 10.5. The number of aromatic nitrogens is 1. The summed E-state index contributed by atoms with van der Waals surface area (Å²) in [6, 6.07) is 17.5. The van der Waals surface area contributed by atoms with E-state index in [4.69, 9.17) is 16.0 Å². The van der Waals surface area contributed by atoms with Gasteiger partial charge in [0, 0.05) is 16.3 Å². The van der Waals surface area contributed by atoms with Crippen molar-refractivity contribution in [2.24, 2.45) is 0 Å². The number of rotatable bonds is 4. The van der Waals surface area contributed by atoms with E-state index in [1.165, 1.54) is 22.9 Å². The third kappa shape index (κ3) is 3.58. The predicted molar refractivity (Wildman–Crippen MR) is 92.4 cm³/mol. The number of halogens is 1. The van der Waals surface area contributed by atoms with Crippen LogP contribution < -0.4 is 0 Å². The molecule has 23 heavy (non-hydrogen) atoms. The van der Waals surface area contributed by atoms with Gasteiger partial charge in [0.2, 0.25) is 5.89 Å². The predicted octanol–water partition coefficient (Wildman–Crippen LogP) is 5.47. The third-order valence-corrected chi connectivity index (χ3v) is 4.66. The van der Waals surface area contributed by atoms with Crippen LogP contribution in [-0.4, -0.2) is 4.98 Å². The lowest BCUT2D eigenvalue weighted by Crippen LogP contribution is -1.85. The van der Waals surface area contributed by atoms with E-state index in [2.05, 4.69) is 30.1 Å². The number of hydrogen-bond donors (Lipinski definition) is 0. The summed E-state index contributed by atoms with van der Waals surface area (Å²) in [7, 11) is 0. The highest BCUT2D eigenvalue weighted by Crippen LogP contribution is 2.31. The first-order valence-electron chi connectivity index (χ1n) is 7.01. The van der Waals surface area contributed by atoms with Crippen LogP contribution in [0.15, 0.2) is 58.0 Å². The number of thioether (sulfide) groups is 1. The molecule has 2 aromatic carbocycles. The van der Waals surface area contributed by atoms with Crippen molar-refractivity contribution in [1.29, 1.82) is 5.26 Å². The minimum atomic E-state index is 0.313. The zero-order valence-corrected chi connectivity index (χ0v) is 14.0. The lowest BCUT2D eigenvalue weighted by molar-refractivity contribution is 0.483. The minimum absolute atomic E-state index is 0.313. The smallest absolute Gasteiger partial charge is 0.228 e. The van der Waals surface area contributed by atoms with Crippen LogP contribution in [0.1, 0.15) is 16.8 Å². The van der Waals surface area contributed by atoms with Gasteiger partial charge in [-0.1, -0.05) is 47.6 Å². The number of nitrogens with zero attached hydrogens (tertiary/aromatic N) is 2. The van der Waals surface area contributed by atoms with Crippen LogP contribution in [0.3, 0.4) is 0 Å². The first kappa shape index (κ1) is 15.7. The van der Waals surface area contributed by atoms with E-state index >= 15 is 0 Å². The SMILES string of the molecule is Cc1ccccc1CSc1oc(-c2ccc(Cl)cc2)nc1C#N. The van der Waals surface area contributed by atoms with Crippen LogP contribution in [-0.2, 0) is 5.75 Å². The van der Waals surface area contributed by atoms with Gasteiger partial charge in [-0.25, -0.2) is 0 Å². The molecule has 0 radical (unpaired) electrons. The average molecular weight is 341 g/mol. The quantitative estimate of drug-likeness (QED) is 0.591. The molecule has 0 N–H and O–H groups in total. The van der Waals surface area contributed by atoms with E-state index in [0.717, 1.165) is 11.3 Å². The summed E-state index contributed by atoms with van der Waals surface area (Å²) < 4.78 is 5.78. The van der Waals surface area contributed by atoms with Crippen molar-refractivity contribution in [1.82, 2.24) is 4.98 Å². The topological polar surface area (TPSA) is 49.8 Å². The monoisotopic (exact) mass is 340 g/mol. The molecule has 5 heteroatoms. The fourth-order valence-corrected chi connectivity index (χ4v) is 3.21. The molecule has 1 aromatic heterocycles. The van der Waals surface area contributed by atoms with Gasteiger partial charge in [-0.3, -0.25) is 0 Å². The summed E-state index contributed by atoms with van der Waals surface area (Å²) in [5.41, 5.74) is 3.55. The van der Waals surface area contributed by atoms with Crippen LogP contribution in [0.2, 0.25) is 5.02 Å². The van der Waals surface area contributed by atoms with Gasteiger partial charge in [0.15, 0.2) is 10.8 Å². The zero-order valence-electron chi connectivity index (χ0n) is 12.4. The number of hydrogen-bond acceptors (Lipinski definition) is 4. The van der Waals surface area contributed by atoms with Crippen LogP contribution in [0, 0.1) is 18.3 Å². The summed E-state index contributed by atoms with van der Waals surface area (Å²) in [4.78, 5) is 4.27. The standard InChI is InChI=1S/C18H13ClN2OS/c1-12-4-2-3-5-14(12)11-23-18-16(10-20)21-17(22-18)13-6-8-15(19)9-7-13/h2-9H,11H2,1H3. The van der Waals surface area contributed by atoms with Crippen molar-refractivity contribution >= 4 is 23.4 Å². The Morgan fingerprint density at radius 1 is 1.17 bits per heavy atom. The molecule has 0 atom stereocenters. The Morgan fingerprint density at radius 3 is 2.61 bits per heavy atom. The van der Waals surface area contributed by atoms with Crippen molar-refractivity contribution in [3.05, 3.63) is 70.4 Å². The second-order valence-corrected chi connectivity index (χ2v) is 6.37. The molecule has 3 nitrogen and oxygen atoms in total. The minimum Gasteiger partial charge on any atom is -0.428 e. The average Bonchev–Trinajstić information content (AvgIpc) is 2.98. The first-order chi connectivity index (χ1) is 11.2. The molecular formula is C18H13ClN2OS. The number of oxazole rings is 1. The molecular weight excluding hydrogens is 328 g/mol. The van der Waals surface area contributed by atoms with E-state index < -0.39 is 0 Å². The molecule has 0 saturated heterocycles. The van der Waals surface area contributed by atoms with Crippen LogP contribution in [0.4, 0.5) is 0 Å². The fraction of sp³-hybridized carbons (Fsp3) is 0.111. The Hall–Kier alpha value is -2.22. The van der Waals surface area contributed by atoms with E-state index in [1.54, 1.807) is 12.1 Å². The Bertz CT molecular complexity index is 865. The summed E-state index contributed by atoms with van der Waals surface area (Å²) in [5.74, 6) is 1.17. The molecule has 114 valence electrons. The van der Waals surface area contributed by atoms with Gasteiger partial charge in [0.25, 0.3) is 0 Å². The van der Waals surface area contributed by atoms with E-state index in [0.29, 0.717) is 21.7 Å². The van der Waals surface area contributed by atoms with Crippen molar-refractivity contribution in [2.45, 2.75) is 17.8 Å². The maximum atomic E-state index is 9.27. The Balaban J connectivity index is 1.84. The van der Waals surface area contributed by atoms with Crippen molar-refractivity contribution < 1.29 is 4.42 Å². The van der Waals surface area contributed by atoms with Gasteiger partial charge < -0.3 is 4.42 Å². The molecule has 0 unspecified atom stereocenters. The van der Waals surface area contributed by atoms with E-state index in [9.17, 15) is 5.26 Å². The molecule has 0 fully saturated rings. The first-order valence-corrected chi connectivity index (χ1v) is 8.38. The fourth-order valence-electron chi connectivity index (χ4n) is 2.11. The van der Waals surface area contributed by atoms with Crippen LogP contribution >= 0.6 is 23.4 Å². The molecule has 0 bridgehead atoms. The normalized spacial score (nSPS) is 10.5. The maximum absolute atomic E-state index is 9.27. The molecule has 0 aliphatic carbocycles. The number of nitriles is 1. The summed E-state index contributed by atoms with van der Waals surface area (Å²) in [6.07, 6.45) is 0. The Morgan fingerprint density at radius 2 is 1.91 bits per heavy atom. The Kier molecular flexibility index (Phi) is 4.71. The van der Waals surface area contributed by atoms with Gasteiger partial charge in [-0.05, 0) is 42.3 Å². The van der Waals surface area contributed by atoms with Gasteiger partial charge in [0.1, 0.15) is 6.07 Å². The second kappa shape index (κ2) is 6.91. The van der Waals surface area contributed by atoms with E-state index in [-0.39, 0.29) is 0 Å². The van der Waals surface area contributed by atoms with Crippen molar-refractivity contribution in [3.8, 4) is 17.5 Å². The summed E-state index contributed by atoms with van der Waals surface area (Å²) >= 11 is 7.37. The van der Waals surface area contributed by atoms with Crippen molar-refractivity contribution in [3.63, 3.8) is 0 Å². The number of aryl methyl sites for hydroxylation is 1. The van der Waals surface area contributed by atoms with Gasteiger partial charge in [-0.15, -0.1) is 0 Å². The molecule has 1 heterocycles. The zero-order chi connectivity index (χ0) is 16.2. The van der Waals surface area contributed by atoms with E-state index in [1.807, 2.05) is 24.3 Å². The molecule has 0 amide bonds. The molecule has 3 rings (SSSR count). The number of benzene rings is 2. The lowest BCUT2D eigenvalue weighted by atomic mass is 10.1. The van der Waals surface area contributed by atoms with Gasteiger partial charge in [0.05, 0.1) is 0 Å². The summed E-state index contributed by atoms with van der Waals surface area (Å²) in [6.45, 7) is 2.07. The highest BCUT2D eigenvalue weighted by molar-refractivity contribution is 7.98. The van der Waals surface area contributed by atoms with Gasteiger partial charge >= 0.3 is 0 Å². The largest absolute Gasteiger partial charge is 0.428 e. The lowest BCUT2D eigenvalue weighted by Gasteiger charge is -2.03. The van der Waals surface area contributed by atoms with Crippen LogP contribution in [0.25, 0.3) is 11.5 Å². The highest BCUT2D eigenvalue weighted by Gasteiger charge is 2.15. The Labute approximate surface area is 143 Å². The highest BCUT2D eigenvalue weighted by atomic mass is 35.5. The molecule has 0 aliphatic heterocycles. The molecule has 0 saturated carbocycles. The molecule has 0 spiro atoms. The van der Waals surface area contributed by atoms with Crippen molar-refractivity contribution in [2.75, 3.05) is 0 Å². The molecule has 3 aromatic rings. The second-order valence-electron chi connectivity index (χ2n) is 4.99. The molecule has 0 aliphatic rings. The third-order valence-electron chi connectivity index (χ3n) is 3.41. The van der Waals surface area contributed by atoms with Crippen LogP contribution in [0.5, 0.6) is 0 Å². The maximum Gasteiger partial charge on any atom is 0.228 e.